The van der Waals surface area contributed by atoms with E-state index in [-0.39, 0.29) is 10.9 Å². The quantitative estimate of drug-likeness (QED) is 0.585. The first-order chi connectivity index (χ1) is 5.27. The topological polar surface area (TPSA) is 18.5 Å². The van der Waals surface area contributed by atoms with E-state index >= 15 is 0 Å². The molecule has 0 aliphatic rings. The van der Waals surface area contributed by atoms with Crippen molar-refractivity contribution in [2.75, 3.05) is 20.3 Å². The summed E-state index contributed by atoms with van der Waals surface area (Å²) in [5.74, 6) is 0. The first-order valence-corrected chi connectivity index (χ1v) is 4.19. The second kappa shape index (κ2) is 4.29. The van der Waals surface area contributed by atoms with Crippen molar-refractivity contribution in [1.29, 1.82) is 0 Å². The highest BCUT2D eigenvalue weighted by Crippen LogP contribution is 2.19. The van der Waals surface area contributed by atoms with Crippen molar-refractivity contribution < 1.29 is 9.47 Å². The molecule has 0 aromatic carbocycles. The van der Waals surface area contributed by atoms with Crippen LogP contribution in [0.2, 0.25) is 5.31 Å². The van der Waals surface area contributed by atoms with Crippen molar-refractivity contribution in [1.82, 2.24) is 0 Å². The summed E-state index contributed by atoms with van der Waals surface area (Å²) in [6.45, 7) is 8.97. The summed E-state index contributed by atoms with van der Waals surface area (Å²) in [7, 11) is 7.42. The van der Waals surface area contributed by atoms with Crippen LogP contribution < -0.4 is 0 Å². The van der Waals surface area contributed by atoms with Crippen molar-refractivity contribution in [3.63, 3.8) is 0 Å². The fraction of sp³-hybridized carbons (Fsp3) is 1.00. The summed E-state index contributed by atoms with van der Waals surface area (Å²) in [5.41, 5.74) is -0.217. The summed E-state index contributed by atoms with van der Waals surface area (Å²) < 4.78 is 10.6. The van der Waals surface area contributed by atoms with Crippen molar-refractivity contribution in [2.24, 2.45) is 0 Å². The van der Waals surface area contributed by atoms with Crippen molar-refractivity contribution in [3.8, 4) is 0 Å². The average Bonchev–Trinajstić information content (AvgIpc) is 1.84. The Balaban J connectivity index is 3.57. The first kappa shape index (κ1) is 12.0. The molecule has 0 rings (SSSR count). The molecule has 0 N–H and O–H groups in total. The lowest BCUT2D eigenvalue weighted by Crippen LogP contribution is -2.30. The SMILES string of the molecule is [B]C(C)(C)COCC(C)(C)OC. The van der Waals surface area contributed by atoms with Crippen LogP contribution in [0.15, 0.2) is 0 Å². The number of hydrogen-bond acceptors (Lipinski definition) is 2. The van der Waals surface area contributed by atoms with Gasteiger partial charge in [0.25, 0.3) is 0 Å². The summed E-state index contributed by atoms with van der Waals surface area (Å²) in [6.07, 6.45) is 0. The first-order valence-electron chi connectivity index (χ1n) is 4.19. The molecule has 0 aromatic rings. The minimum Gasteiger partial charge on any atom is -0.379 e. The van der Waals surface area contributed by atoms with Crippen LogP contribution in [-0.4, -0.2) is 33.8 Å². The molecule has 0 aliphatic heterocycles. The predicted octanol–water partition coefficient (Wildman–Crippen LogP) is 1.79. The van der Waals surface area contributed by atoms with Gasteiger partial charge in [-0.15, -0.1) is 0 Å². The Morgan fingerprint density at radius 3 is 1.92 bits per heavy atom. The molecule has 0 heterocycles. The van der Waals surface area contributed by atoms with Gasteiger partial charge in [-0.1, -0.05) is 13.8 Å². The van der Waals surface area contributed by atoms with E-state index in [1.54, 1.807) is 7.11 Å². The Morgan fingerprint density at radius 1 is 1.08 bits per heavy atom. The molecule has 0 fully saturated rings. The van der Waals surface area contributed by atoms with E-state index in [0.29, 0.717) is 13.2 Å². The van der Waals surface area contributed by atoms with Gasteiger partial charge in [0.1, 0.15) is 0 Å². The minimum absolute atomic E-state index is 0.217. The molecule has 70 valence electrons. The lowest BCUT2D eigenvalue weighted by Gasteiger charge is -2.25. The number of hydrogen-bond donors (Lipinski definition) is 0. The van der Waals surface area contributed by atoms with Crippen LogP contribution in [0.5, 0.6) is 0 Å². The van der Waals surface area contributed by atoms with Gasteiger partial charge < -0.3 is 9.47 Å². The van der Waals surface area contributed by atoms with Crippen LogP contribution in [0, 0.1) is 0 Å². The highest BCUT2D eigenvalue weighted by molar-refractivity contribution is 6.14. The van der Waals surface area contributed by atoms with Crippen LogP contribution >= 0.6 is 0 Å². The van der Waals surface area contributed by atoms with Crippen LogP contribution in [0.3, 0.4) is 0 Å². The molecular weight excluding hydrogens is 151 g/mol. The van der Waals surface area contributed by atoms with Crippen molar-refractivity contribution in [2.45, 2.75) is 38.6 Å². The maximum Gasteiger partial charge on any atom is 0.0855 e. The third-order valence-electron chi connectivity index (χ3n) is 1.48. The molecule has 0 saturated heterocycles. The third kappa shape index (κ3) is 6.68. The smallest absolute Gasteiger partial charge is 0.0855 e. The van der Waals surface area contributed by atoms with Gasteiger partial charge in [0.05, 0.1) is 20.1 Å². The van der Waals surface area contributed by atoms with Gasteiger partial charge in [-0.2, -0.15) is 0 Å². The average molecular weight is 170 g/mol. The van der Waals surface area contributed by atoms with E-state index in [1.807, 2.05) is 27.7 Å². The van der Waals surface area contributed by atoms with E-state index in [1.165, 1.54) is 0 Å². The zero-order valence-electron chi connectivity index (χ0n) is 8.81. The standard InChI is InChI=1S/C9H19BO2/c1-8(2,10)6-12-7-9(3,4)11-5/h6-7H2,1-5H3. The molecule has 0 spiro atoms. The van der Waals surface area contributed by atoms with Gasteiger partial charge in [-0.25, -0.2) is 0 Å². The molecule has 0 bridgehead atoms. The van der Waals surface area contributed by atoms with Crippen LogP contribution in [-0.2, 0) is 9.47 Å². The van der Waals surface area contributed by atoms with E-state index in [0.717, 1.165) is 0 Å². The summed E-state index contributed by atoms with van der Waals surface area (Å²) in [6, 6.07) is 0. The molecule has 3 heteroatoms. The number of ether oxygens (including phenoxy) is 2. The lowest BCUT2D eigenvalue weighted by atomic mass is 9.73. The Morgan fingerprint density at radius 2 is 1.58 bits per heavy atom. The lowest BCUT2D eigenvalue weighted by molar-refractivity contribution is -0.0542. The summed E-state index contributed by atoms with van der Waals surface area (Å²) in [4.78, 5) is 0. The maximum atomic E-state index is 5.74. The Hall–Kier alpha value is -0.0151. The van der Waals surface area contributed by atoms with Gasteiger partial charge >= 0.3 is 0 Å². The molecule has 0 aliphatic carbocycles. The molecule has 2 radical (unpaired) electrons. The second-order valence-electron chi connectivity index (χ2n) is 4.45. The zero-order chi connectivity index (χ0) is 9.83. The van der Waals surface area contributed by atoms with Crippen LogP contribution in [0.1, 0.15) is 27.7 Å². The third-order valence-corrected chi connectivity index (χ3v) is 1.48. The molecule has 0 unspecified atom stereocenters. The molecular formula is C9H19BO2. The van der Waals surface area contributed by atoms with E-state index < -0.39 is 0 Å². The van der Waals surface area contributed by atoms with Gasteiger partial charge in [0.2, 0.25) is 0 Å². The largest absolute Gasteiger partial charge is 0.379 e. The Kier molecular flexibility index (Phi) is 4.28. The zero-order valence-corrected chi connectivity index (χ0v) is 8.81. The molecule has 0 atom stereocenters. The van der Waals surface area contributed by atoms with Gasteiger partial charge in [0, 0.05) is 13.7 Å². The van der Waals surface area contributed by atoms with Crippen molar-refractivity contribution in [3.05, 3.63) is 0 Å². The summed E-state index contributed by atoms with van der Waals surface area (Å²) >= 11 is 0. The molecule has 12 heavy (non-hydrogen) atoms. The molecule has 0 aromatic heterocycles. The second-order valence-corrected chi connectivity index (χ2v) is 4.45. The van der Waals surface area contributed by atoms with Crippen LogP contribution in [0.4, 0.5) is 0 Å². The van der Waals surface area contributed by atoms with E-state index in [2.05, 4.69) is 0 Å². The molecule has 0 amide bonds. The maximum absolute atomic E-state index is 5.74. The normalized spacial score (nSPS) is 13.4. The predicted molar refractivity (Wildman–Crippen MR) is 51.7 cm³/mol. The fourth-order valence-electron chi connectivity index (χ4n) is 0.619. The van der Waals surface area contributed by atoms with E-state index in [4.69, 9.17) is 17.3 Å². The van der Waals surface area contributed by atoms with Crippen molar-refractivity contribution >= 4 is 7.85 Å². The minimum atomic E-state index is -0.260. The Bertz CT molecular complexity index is 127. The monoisotopic (exact) mass is 170 g/mol. The van der Waals surface area contributed by atoms with Gasteiger partial charge in [-0.3, -0.25) is 0 Å². The fourth-order valence-corrected chi connectivity index (χ4v) is 0.619. The summed E-state index contributed by atoms with van der Waals surface area (Å²) in [5, 5.41) is -0.260. The molecule has 0 saturated carbocycles. The van der Waals surface area contributed by atoms with Crippen LogP contribution in [0.25, 0.3) is 0 Å². The Labute approximate surface area is 77.0 Å². The van der Waals surface area contributed by atoms with E-state index in [9.17, 15) is 0 Å². The van der Waals surface area contributed by atoms with Gasteiger partial charge in [0.15, 0.2) is 0 Å². The molecule has 2 nitrogen and oxygen atoms in total. The number of methoxy groups -OCH3 is 1. The van der Waals surface area contributed by atoms with Gasteiger partial charge in [-0.05, 0) is 19.2 Å². The highest BCUT2D eigenvalue weighted by atomic mass is 16.5. The highest BCUT2D eigenvalue weighted by Gasteiger charge is 2.18. The number of rotatable bonds is 5.